The van der Waals surface area contributed by atoms with Crippen LogP contribution in [-0.4, -0.2) is 35.1 Å². The van der Waals surface area contributed by atoms with Crippen molar-refractivity contribution in [2.45, 2.75) is 62.9 Å². The maximum Gasteiger partial charge on any atom is 0.322 e. The zero-order valence-corrected chi connectivity index (χ0v) is 16.9. The van der Waals surface area contributed by atoms with Crippen LogP contribution in [0.3, 0.4) is 0 Å². The number of aromatic nitrogens is 1. The Morgan fingerprint density at radius 1 is 1.18 bits per heavy atom. The quantitative estimate of drug-likeness (QED) is 0.736. The van der Waals surface area contributed by atoms with E-state index in [4.69, 9.17) is 0 Å². The minimum atomic E-state index is -0.277. The van der Waals surface area contributed by atoms with Crippen molar-refractivity contribution in [1.29, 1.82) is 0 Å². The maximum atomic E-state index is 12.6. The number of rotatable bonds is 4. The number of likely N-dealkylation sites (tertiary alicyclic amines) is 1. The number of imide groups is 1. The van der Waals surface area contributed by atoms with Crippen LogP contribution < -0.4 is 15.5 Å². The van der Waals surface area contributed by atoms with E-state index in [9.17, 15) is 9.59 Å². The zero-order chi connectivity index (χ0) is 19.3. The molecule has 0 radical (unpaired) electrons. The van der Waals surface area contributed by atoms with Crippen LogP contribution >= 0.6 is 0 Å². The van der Waals surface area contributed by atoms with Crippen molar-refractivity contribution >= 4 is 11.9 Å². The summed E-state index contributed by atoms with van der Waals surface area (Å²) in [6.07, 6.45) is 11.6. The third kappa shape index (κ3) is 3.36. The molecule has 1 aromatic rings. The highest BCUT2D eigenvalue weighted by Crippen LogP contribution is 2.55. The number of carbonyl (C=O) groups excluding carboxylic acids is 2. The van der Waals surface area contributed by atoms with Gasteiger partial charge in [0.25, 0.3) is 5.91 Å². The Hall–Kier alpha value is -1.82. The molecule has 0 spiro atoms. The molecule has 4 bridgehead atoms. The predicted octanol–water partition coefficient (Wildman–Crippen LogP) is 1.54. The summed E-state index contributed by atoms with van der Waals surface area (Å²) in [5.74, 6) is 2.19. The van der Waals surface area contributed by atoms with Gasteiger partial charge < -0.3 is 14.8 Å². The molecule has 5 aliphatic rings. The van der Waals surface area contributed by atoms with Gasteiger partial charge in [-0.1, -0.05) is 0 Å². The number of quaternary nitrogens is 1. The van der Waals surface area contributed by atoms with Crippen LogP contribution in [0.5, 0.6) is 0 Å². The molecular weight excluding hydrogens is 352 g/mol. The first-order chi connectivity index (χ1) is 13.5. The molecule has 6 heteroatoms. The Labute approximate surface area is 167 Å². The molecule has 4 aliphatic carbocycles. The Kier molecular flexibility index (Phi) is 4.49. The highest BCUT2D eigenvalue weighted by Gasteiger charge is 2.51. The van der Waals surface area contributed by atoms with Crippen molar-refractivity contribution in [3.63, 3.8) is 0 Å². The largest absolute Gasteiger partial charge is 0.350 e. The summed E-state index contributed by atoms with van der Waals surface area (Å²) in [5.41, 5.74) is 1.23. The van der Waals surface area contributed by atoms with Crippen molar-refractivity contribution in [3.8, 4) is 0 Å². The second-order valence-corrected chi connectivity index (χ2v) is 10.0. The number of hydrogen-bond acceptors (Lipinski definition) is 2. The van der Waals surface area contributed by atoms with Gasteiger partial charge in [-0.15, -0.1) is 0 Å². The summed E-state index contributed by atoms with van der Waals surface area (Å²) in [7, 11) is 2.06. The second kappa shape index (κ2) is 6.90. The molecular formula is C22H33N4O2+. The predicted molar refractivity (Wildman–Crippen MR) is 106 cm³/mol. The molecule has 3 N–H and O–H groups in total. The Bertz CT molecular complexity index is 735. The fraction of sp³-hybridized carbons (Fsp3) is 0.727. The standard InChI is InChI=1S/C22H32N4O2/c1-25-6-2-4-18(25)19-5-3-7-26(19)14-20(27)23-21(28)24-22-11-15-8-16(12-22)10-17(9-15)13-22/h2,4,6,15-17,19H,3,5,7-14H2,1H3,(H2,23,24,27,28)/p+1/t15?,16?,17?,19-,22?/m0/s1. The molecule has 2 heterocycles. The zero-order valence-electron chi connectivity index (χ0n) is 16.9. The molecule has 0 aromatic carbocycles. The van der Waals surface area contributed by atoms with Crippen molar-refractivity contribution in [2.24, 2.45) is 24.8 Å². The van der Waals surface area contributed by atoms with Crippen LogP contribution in [0, 0.1) is 17.8 Å². The lowest BCUT2D eigenvalue weighted by Gasteiger charge is -2.56. The third-order valence-corrected chi connectivity index (χ3v) is 7.88. The number of aryl methyl sites for hydroxylation is 1. The lowest BCUT2D eigenvalue weighted by molar-refractivity contribution is -0.911. The van der Waals surface area contributed by atoms with Crippen molar-refractivity contribution in [2.75, 3.05) is 13.1 Å². The van der Waals surface area contributed by atoms with E-state index in [0.717, 1.165) is 56.4 Å². The number of nitrogens with zero attached hydrogens (tertiary/aromatic N) is 1. The van der Waals surface area contributed by atoms with Crippen LogP contribution in [0.2, 0.25) is 0 Å². The Morgan fingerprint density at radius 2 is 1.86 bits per heavy atom. The second-order valence-electron chi connectivity index (χ2n) is 10.0. The highest BCUT2D eigenvalue weighted by atomic mass is 16.2. The first-order valence-electron chi connectivity index (χ1n) is 11.1. The number of urea groups is 1. The van der Waals surface area contributed by atoms with Gasteiger partial charge >= 0.3 is 6.03 Å². The minimum absolute atomic E-state index is 0.0504. The van der Waals surface area contributed by atoms with E-state index in [-0.39, 0.29) is 17.5 Å². The number of carbonyl (C=O) groups is 2. The summed E-state index contributed by atoms with van der Waals surface area (Å²) in [6.45, 7) is 1.35. The fourth-order valence-corrected chi connectivity index (χ4v) is 7.23. The Morgan fingerprint density at radius 3 is 2.46 bits per heavy atom. The molecule has 1 saturated heterocycles. The van der Waals surface area contributed by atoms with Crippen LogP contribution in [0.1, 0.15) is 63.1 Å². The van der Waals surface area contributed by atoms with E-state index < -0.39 is 0 Å². The van der Waals surface area contributed by atoms with Crippen molar-refractivity contribution < 1.29 is 14.5 Å². The van der Waals surface area contributed by atoms with Gasteiger partial charge in [0.05, 0.1) is 12.2 Å². The topological polar surface area (TPSA) is 67.6 Å². The van der Waals surface area contributed by atoms with Crippen LogP contribution in [0.15, 0.2) is 18.3 Å². The SMILES string of the molecule is Cn1cccc1[C@@H]1CCC[NH+]1CC(=O)NC(=O)NC12CC3CC(CC(C3)C1)C2. The van der Waals surface area contributed by atoms with Gasteiger partial charge in [-0.05, 0) is 68.4 Å². The first kappa shape index (κ1) is 18.2. The molecule has 4 saturated carbocycles. The summed E-state index contributed by atoms with van der Waals surface area (Å²) >= 11 is 0. The number of hydrogen-bond donors (Lipinski definition) is 3. The van der Waals surface area contributed by atoms with Crippen LogP contribution in [-0.2, 0) is 11.8 Å². The normalized spacial score (nSPS) is 38.5. The Balaban J connectivity index is 1.17. The smallest absolute Gasteiger partial charge is 0.322 e. The van der Waals surface area contributed by atoms with Gasteiger partial charge in [0.1, 0.15) is 6.04 Å². The van der Waals surface area contributed by atoms with Gasteiger partial charge in [-0.2, -0.15) is 0 Å². The van der Waals surface area contributed by atoms with Crippen molar-refractivity contribution in [3.05, 3.63) is 24.0 Å². The summed E-state index contributed by atoms with van der Waals surface area (Å²) < 4.78 is 2.15. The molecule has 6 nitrogen and oxygen atoms in total. The summed E-state index contributed by atoms with van der Waals surface area (Å²) in [5, 5.41) is 5.89. The van der Waals surface area contributed by atoms with E-state index in [1.54, 1.807) is 0 Å². The van der Waals surface area contributed by atoms with E-state index in [2.05, 4.69) is 40.6 Å². The van der Waals surface area contributed by atoms with E-state index in [0.29, 0.717) is 12.6 Å². The van der Waals surface area contributed by atoms with Gasteiger partial charge in [0.2, 0.25) is 0 Å². The first-order valence-corrected chi connectivity index (χ1v) is 11.1. The van der Waals surface area contributed by atoms with Gasteiger partial charge in [-0.3, -0.25) is 10.1 Å². The maximum absolute atomic E-state index is 12.6. The lowest BCUT2D eigenvalue weighted by Crippen LogP contribution is -3.11. The van der Waals surface area contributed by atoms with Crippen LogP contribution in [0.4, 0.5) is 4.79 Å². The summed E-state index contributed by atoms with van der Waals surface area (Å²) in [4.78, 5) is 26.5. The van der Waals surface area contributed by atoms with Gasteiger partial charge in [0, 0.05) is 31.6 Å². The third-order valence-electron chi connectivity index (χ3n) is 7.88. The van der Waals surface area contributed by atoms with E-state index in [1.807, 2.05) is 0 Å². The molecule has 5 fully saturated rings. The van der Waals surface area contributed by atoms with E-state index in [1.165, 1.54) is 29.9 Å². The lowest BCUT2D eigenvalue weighted by atomic mass is 9.53. The van der Waals surface area contributed by atoms with E-state index >= 15 is 0 Å². The molecule has 28 heavy (non-hydrogen) atoms. The van der Waals surface area contributed by atoms with Crippen LogP contribution in [0.25, 0.3) is 0 Å². The van der Waals surface area contributed by atoms with Gasteiger partial charge in [0.15, 0.2) is 6.54 Å². The fourth-order valence-electron chi connectivity index (χ4n) is 7.23. The minimum Gasteiger partial charge on any atom is -0.350 e. The molecule has 1 aromatic heterocycles. The molecule has 1 unspecified atom stereocenters. The molecule has 152 valence electrons. The highest BCUT2D eigenvalue weighted by molar-refractivity contribution is 5.95. The average molecular weight is 386 g/mol. The molecule has 6 rings (SSSR count). The molecule has 3 amide bonds. The van der Waals surface area contributed by atoms with Gasteiger partial charge in [-0.25, -0.2) is 4.79 Å². The average Bonchev–Trinajstić information content (AvgIpc) is 3.21. The van der Waals surface area contributed by atoms with Crippen molar-refractivity contribution in [1.82, 2.24) is 15.2 Å². The molecule has 1 aliphatic heterocycles. The molecule has 2 atom stereocenters. The monoisotopic (exact) mass is 385 g/mol. The number of amides is 3. The number of nitrogens with one attached hydrogen (secondary N) is 3. The summed E-state index contributed by atoms with van der Waals surface area (Å²) in [6, 6.07) is 4.27.